The van der Waals surface area contributed by atoms with Crippen LogP contribution in [-0.4, -0.2) is 25.7 Å². The Morgan fingerprint density at radius 1 is 1.10 bits per heavy atom. The summed E-state index contributed by atoms with van der Waals surface area (Å²) < 4.78 is 0. The molecular formula is C16H19N3O. The van der Waals surface area contributed by atoms with E-state index in [1.54, 1.807) is 4.80 Å². The van der Waals surface area contributed by atoms with E-state index in [1.807, 2.05) is 69.3 Å². The Hall–Kier alpha value is -1.94. The average Bonchev–Trinajstić information content (AvgIpc) is 2.81. The third-order valence-electron chi connectivity index (χ3n) is 3.96. The van der Waals surface area contributed by atoms with Crippen molar-refractivity contribution in [1.82, 2.24) is 15.0 Å². The van der Waals surface area contributed by atoms with Crippen molar-refractivity contribution < 1.29 is 5.11 Å². The van der Waals surface area contributed by atoms with E-state index in [0.717, 1.165) is 11.0 Å². The van der Waals surface area contributed by atoms with Crippen LogP contribution in [0, 0.1) is 5.41 Å². The minimum atomic E-state index is -1.02. The number of aliphatic hydroxyl groups is 1. The molecule has 2 aromatic rings. The molecule has 0 spiro atoms. The molecular weight excluding hydrogens is 250 g/mol. The van der Waals surface area contributed by atoms with Crippen molar-refractivity contribution in [3.05, 3.63) is 48.6 Å². The molecule has 1 aliphatic rings. The summed E-state index contributed by atoms with van der Waals surface area (Å²) in [5.74, 6) is 0. The number of rotatable bonds is 1. The maximum Gasteiger partial charge on any atom is 0.123 e. The van der Waals surface area contributed by atoms with Crippen molar-refractivity contribution >= 4 is 11.0 Å². The van der Waals surface area contributed by atoms with Crippen LogP contribution in [0.5, 0.6) is 0 Å². The fourth-order valence-electron chi connectivity index (χ4n) is 2.56. The highest BCUT2D eigenvalue weighted by atomic mass is 16.3. The molecule has 4 heteroatoms. The quantitative estimate of drug-likeness (QED) is 0.866. The number of nitrogens with zero attached hydrogens (tertiary/aromatic N) is 3. The molecule has 2 unspecified atom stereocenters. The molecule has 0 bridgehead atoms. The smallest absolute Gasteiger partial charge is 0.123 e. The first kappa shape index (κ1) is 13.1. The van der Waals surface area contributed by atoms with Gasteiger partial charge in [-0.1, -0.05) is 57.2 Å². The maximum absolute atomic E-state index is 11.1. The first-order chi connectivity index (χ1) is 9.42. The van der Waals surface area contributed by atoms with Crippen molar-refractivity contribution in [1.29, 1.82) is 0 Å². The minimum Gasteiger partial charge on any atom is -0.383 e. The molecule has 2 atom stereocenters. The molecule has 1 aliphatic carbocycles. The summed E-state index contributed by atoms with van der Waals surface area (Å²) in [7, 11) is 0. The molecule has 0 saturated carbocycles. The van der Waals surface area contributed by atoms with Gasteiger partial charge in [-0.15, -0.1) is 0 Å². The third kappa shape index (κ3) is 1.88. The first-order valence-corrected chi connectivity index (χ1v) is 6.82. The third-order valence-corrected chi connectivity index (χ3v) is 3.96. The fraction of sp³-hybridized carbons (Fsp3) is 0.375. The number of aromatic nitrogens is 3. The molecule has 1 N–H and O–H groups in total. The van der Waals surface area contributed by atoms with Gasteiger partial charge in [0.15, 0.2) is 0 Å². The zero-order valence-electron chi connectivity index (χ0n) is 12.0. The molecule has 0 radical (unpaired) electrons. The number of hydrogen-bond acceptors (Lipinski definition) is 3. The summed E-state index contributed by atoms with van der Waals surface area (Å²) in [4.78, 5) is 1.62. The Bertz CT molecular complexity index is 660. The highest BCUT2D eigenvalue weighted by molar-refractivity contribution is 5.73. The molecule has 0 aliphatic heterocycles. The maximum atomic E-state index is 11.1. The van der Waals surface area contributed by atoms with Gasteiger partial charge in [0.2, 0.25) is 0 Å². The molecule has 1 aromatic carbocycles. The van der Waals surface area contributed by atoms with Crippen LogP contribution in [-0.2, 0) is 0 Å². The van der Waals surface area contributed by atoms with Gasteiger partial charge in [-0.2, -0.15) is 15.0 Å². The first-order valence-electron chi connectivity index (χ1n) is 6.82. The van der Waals surface area contributed by atoms with E-state index in [0.29, 0.717) is 0 Å². The lowest BCUT2D eigenvalue weighted by Gasteiger charge is -2.43. The predicted octanol–water partition coefficient (Wildman–Crippen LogP) is 2.88. The largest absolute Gasteiger partial charge is 0.383 e. The Morgan fingerprint density at radius 2 is 1.70 bits per heavy atom. The van der Waals surface area contributed by atoms with Gasteiger partial charge in [0.05, 0.1) is 0 Å². The monoisotopic (exact) mass is 269 g/mol. The molecule has 0 fully saturated rings. The van der Waals surface area contributed by atoms with Crippen molar-refractivity contribution in [2.75, 3.05) is 0 Å². The lowest BCUT2D eigenvalue weighted by molar-refractivity contribution is -0.0504. The second-order valence-electron chi connectivity index (χ2n) is 6.27. The van der Waals surface area contributed by atoms with Crippen LogP contribution in [0.1, 0.15) is 26.8 Å². The van der Waals surface area contributed by atoms with E-state index < -0.39 is 5.60 Å². The fourth-order valence-corrected chi connectivity index (χ4v) is 2.56. The van der Waals surface area contributed by atoms with Gasteiger partial charge in [0.1, 0.15) is 22.7 Å². The number of hydrogen-bond donors (Lipinski definition) is 1. The van der Waals surface area contributed by atoms with Crippen LogP contribution < -0.4 is 0 Å². The van der Waals surface area contributed by atoms with Gasteiger partial charge in [-0.25, -0.2) is 0 Å². The summed E-state index contributed by atoms with van der Waals surface area (Å²) in [6.07, 6.45) is 7.60. The highest BCUT2D eigenvalue weighted by Crippen LogP contribution is 2.42. The van der Waals surface area contributed by atoms with Crippen molar-refractivity contribution in [3.8, 4) is 0 Å². The summed E-state index contributed by atoms with van der Waals surface area (Å²) in [6.45, 7) is 6.06. The zero-order valence-corrected chi connectivity index (χ0v) is 12.0. The number of allylic oxidation sites excluding steroid dienone is 2. The summed E-state index contributed by atoms with van der Waals surface area (Å²) in [5.41, 5.74) is 0.341. The van der Waals surface area contributed by atoms with Gasteiger partial charge in [0, 0.05) is 0 Å². The minimum absolute atomic E-state index is 0.306. The average molecular weight is 269 g/mol. The van der Waals surface area contributed by atoms with E-state index in [2.05, 4.69) is 10.2 Å². The van der Waals surface area contributed by atoms with Gasteiger partial charge in [-0.3, -0.25) is 0 Å². The Kier molecular flexibility index (Phi) is 2.80. The molecule has 1 aromatic heterocycles. The van der Waals surface area contributed by atoms with E-state index >= 15 is 0 Å². The van der Waals surface area contributed by atoms with Crippen LogP contribution >= 0.6 is 0 Å². The Morgan fingerprint density at radius 3 is 2.25 bits per heavy atom. The van der Waals surface area contributed by atoms with E-state index in [1.165, 1.54) is 0 Å². The van der Waals surface area contributed by atoms with Crippen LogP contribution in [0.4, 0.5) is 0 Å². The van der Waals surface area contributed by atoms with Crippen molar-refractivity contribution in [3.63, 3.8) is 0 Å². The summed E-state index contributed by atoms with van der Waals surface area (Å²) in [6, 6.07) is 7.43. The van der Waals surface area contributed by atoms with Gasteiger partial charge in [0.25, 0.3) is 0 Å². The summed E-state index contributed by atoms with van der Waals surface area (Å²) >= 11 is 0. The zero-order chi connectivity index (χ0) is 14.4. The lowest BCUT2D eigenvalue weighted by atomic mass is 9.70. The second kappa shape index (κ2) is 4.28. The summed E-state index contributed by atoms with van der Waals surface area (Å²) in [5, 5.41) is 20.1. The Balaban J connectivity index is 2.11. The Labute approximate surface area is 118 Å². The second-order valence-corrected chi connectivity index (χ2v) is 6.27. The molecule has 0 saturated heterocycles. The normalized spacial score (nSPS) is 26.3. The standard InChI is InChI=1S/C16H19N3O/c1-15(2,3)16(20)11-7-6-10-14(16)19-17-12-8-4-5-9-13(12)18-19/h4-11,14,20H,1-3H3. The molecule has 104 valence electrons. The lowest BCUT2D eigenvalue weighted by Crippen LogP contribution is -2.49. The molecule has 0 amide bonds. The van der Waals surface area contributed by atoms with Crippen LogP contribution in [0.3, 0.4) is 0 Å². The highest BCUT2D eigenvalue weighted by Gasteiger charge is 2.46. The van der Waals surface area contributed by atoms with Gasteiger partial charge >= 0.3 is 0 Å². The van der Waals surface area contributed by atoms with Crippen LogP contribution in [0.15, 0.2) is 48.6 Å². The molecule has 1 heterocycles. The number of benzene rings is 1. The molecule has 3 rings (SSSR count). The van der Waals surface area contributed by atoms with Gasteiger partial charge < -0.3 is 5.11 Å². The number of fused-ring (bicyclic) bond motifs is 1. The topological polar surface area (TPSA) is 50.9 Å². The van der Waals surface area contributed by atoms with Gasteiger partial charge in [-0.05, 0) is 17.5 Å². The van der Waals surface area contributed by atoms with Crippen molar-refractivity contribution in [2.24, 2.45) is 5.41 Å². The van der Waals surface area contributed by atoms with Crippen LogP contribution in [0.2, 0.25) is 0 Å². The van der Waals surface area contributed by atoms with E-state index in [4.69, 9.17) is 0 Å². The predicted molar refractivity (Wildman–Crippen MR) is 79.2 cm³/mol. The molecule has 4 nitrogen and oxygen atoms in total. The molecule has 20 heavy (non-hydrogen) atoms. The van der Waals surface area contributed by atoms with Crippen molar-refractivity contribution in [2.45, 2.75) is 32.4 Å². The van der Waals surface area contributed by atoms with E-state index in [9.17, 15) is 5.11 Å². The SMILES string of the molecule is CC(C)(C)C1(O)C=CC=CC1n1nc2ccccc2n1. The van der Waals surface area contributed by atoms with Crippen LogP contribution in [0.25, 0.3) is 11.0 Å². The van der Waals surface area contributed by atoms with E-state index in [-0.39, 0.29) is 11.5 Å².